The molecule has 1 radical (unpaired) electrons. The Labute approximate surface area is 318 Å². The first-order valence-electron chi connectivity index (χ1n) is 14.0. The molecule has 50 heavy (non-hydrogen) atoms. The molecule has 0 amide bonds. The summed E-state index contributed by atoms with van der Waals surface area (Å²) in [5.41, 5.74) is 1.88. The average molecular weight is 739 g/mol. The molecule has 0 aliphatic rings. The monoisotopic (exact) mass is 738 g/mol. The zero-order valence-corrected chi connectivity index (χ0v) is 30.8. The summed E-state index contributed by atoms with van der Waals surface area (Å²) in [7, 11) is -4.24. The zero-order valence-electron chi connectivity index (χ0n) is 26.7. The number of nitrogens with one attached hydrogen (secondary N) is 2. The van der Waals surface area contributed by atoms with E-state index in [2.05, 4.69) is 30.7 Å². The SMILES string of the molecule is Cc1[nH]n(-c2ccccc2)c(=O)c1N=Nc1ccccc1[O-].Cc1nn(-c2ccccc2)c([O-])c1N=Nc1cc(S(=N)(=O)[O-])ccc1[O-].[Cr+3].[Na+]. The molecule has 2 heterocycles. The number of aryl methyl sites for hydroxylation is 2. The van der Waals surface area contributed by atoms with E-state index in [1.54, 1.807) is 62.4 Å². The van der Waals surface area contributed by atoms with Gasteiger partial charge >= 0.3 is 46.9 Å². The van der Waals surface area contributed by atoms with Crippen LogP contribution in [0.4, 0.5) is 22.7 Å². The molecule has 0 bridgehead atoms. The maximum Gasteiger partial charge on any atom is 3.00 e. The summed E-state index contributed by atoms with van der Waals surface area (Å²) in [4.78, 5) is 12.0. The van der Waals surface area contributed by atoms with E-state index < -0.39 is 21.6 Å². The average Bonchev–Trinajstić information content (AvgIpc) is 3.53. The number of hydrogen-bond acceptors (Lipinski definition) is 12. The van der Waals surface area contributed by atoms with E-state index in [1.165, 1.54) is 10.7 Å². The fraction of sp³-hybridized carbons (Fsp3) is 0.0625. The van der Waals surface area contributed by atoms with Crippen LogP contribution in [0, 0.1) is 18.6 Å². The minimum atomic E-state index is -4.24. The summed E-state index contributed by atoms with van der Waals surface area (Å²) in [6, 6.07) is 27.1. The standard InChI is InChI=1S/C16H15N5O4S.C16H14N4O2.Cr.Na/c1-10-15(16(23)21(20-10)11-5-3-2-4-6-11)19-18-13-9-12(26(17,24)25)7-8-14(13)22;1-11-15(18-17-13-9-5-6-10-14(13)21)16(22)20(19-11)12-7-3-2-4-8-12;;/h2-9,22-23H,1H3,(H2,17,24,25);2-10,19,21H,1H3;;/q;;+3;+1/p-4. The molecule has 4 aromatic carbocycles. The molecule has 6 rings (SSSR count). The Bertz CT molecular complexity index is 2310. The molecule has 15 nitrogen and oxygen atoms in total. The zero-order chi connectivity index (χ0) is 34.4. The molecule has 18 heteroatoms. The summed E-state index contributed by atoms with van der Waals surface area (Å²) in [6.07, 6.45) is 0. The summed E-state index contributed by atoms with van der Waals surface area (Å²) in [5.74, 6) is -1.33. The number of aromatic nitrogens is 4. The Morgan fingerprint density at radius 3 is 1.90 bits per heavy atom. The number of para-hydroxylation sites is 3. The van der Waals surface area contributed by atoms with Crippen LogP contribution in [0.25, 0.3) is 11.4 Å². The van der Waals surface area contributed by atoms with Crippen molar-refractivity contribution in [2.45, 2.75) is 18.7 Å². The van der Waals surface area contributed by atoms with Gasteiger partial charge in [-0.2, -0.15) is 15.3 Å². The van der Waals surface area contributed by atoms with Crippen molar-refractivity contribution in [3.05, 3.63) is 125 Å². The van der Waals surface area contributed by atoms with Gasteiger partial charge in [-0.3, -0.25) is 18.9 Å². The third-order valence-electron chi connectivity index (χ3n) is 6.66. The normalized spacial score (nSPS) is 12.1. The van der Waals surface area contributed by atoms with Gasteiger partial charge in [0.05, 0.1) is 34.1 Å². The van der Waals surface area contributed by atoms with Gasteiger partial charge in [-0.1, -0.05) is 72.2 Å². The minimum absolute atomic E-state index is 0. The van der Waals surface area contributed by atoms with Crippen molar-refractivity contribution in [3.63, 3.8) is 0 Å². The Balaban J connectivity index is 0.000000263. The minimum Gasteiger partial charge on any atom is -0.871 e. The topological polar surface area (TPSA) is 238 Å². The molecular formula is C32H25CrN9NaO6S. The van der Waals surface area contributed by atoms with Crippen molar-refractivity contribution in [1.29, 1.82) is 4.78 Å². The van der Waals surface area contributed by atoms with Crippen LogP contribution in [0.2, 0.25) is 0 Å². The summed E-state index contributed by atoms with van der Waals surface area (Å²) in [5, 5.41) is 58.2. The van der Waals surface area contributed by atoms with E-state index >= 15 is 0 Å². The number of azo groups is 2. The van der Waals surface area contributed by atoms with E-state index in [1.807, 2.05) is 30.3 Å². The Morgan fingerprint density at radius 1 is 0.740 bits per heavy atom. The fourth-order valence-electron chi connectivity index (χ4n) is 4.26. The Morgan fingerprint density at radius 2 is 1.28 bits per heavy atom. The van der Waals surface area contributed by atoms with Crippen LogP contribution in [0.5, 0.6) is 17.4 Å². The molecule has 0 saturated carbocycles. The molecule has 2 N–H and O–H groups in total. The second-order valence-corrected chi connectivity index (χ2v) is 11.5. The van der Waals surface area contributed by atoms with Gasteiger partial charge in [0.15, 0.2) is 5.69 Å². The van der Waals surface area contributed by atoms with Crippen LogP contribution >= 0.6 is 0 Å². The van der Waals surface area contributed by atoms with Crippen LogP contribution in [0.15, 0.2) is 133 Å². The quantitative estimate of drug-likeness (QED) is 0.183. The number of aromatic amines is 1. The molecule has 0 fully saturated rings. The number of benzene rings is 4. The van der Waals surface area contributed by atoms with Gasteiger partial charge in [0, 0.05) is 20.8 Å². The molecule has 0 saturated heterocycles. The summed E-state index contributed by atoms with van der Waals surface area (Å²) >= 11 is 0. The number of rotatable bonds is 7. The molecule has 247 valence electrons. The maximum absolute atomic E-state index is 12.5. The van der Waals surface area contributed by atoms with Crippen LogP contribution in [0.3, 0.4) is 0 Å². The van der Waals surface area contributed by atoms with Crippen molar-refractivity contribution >= 4 is 32.8 Å². The second-order valence-electron chi connectivity index (χ2n) is 10.0. The third-order valence-corrected chi connectivity index (χ3v) is 7.54. The molecule has 2 aromatic heterocycles. The van der Waals surface area contributed by atoms with Crippen LogP contribution in [0.1, 0.15) is 11.4 Å². The van der Waals surface area contributed by atoms with Gasteiger partial charge < -0.3 is 19.9 Å². The van der Waals surface area contributed by atoms with Gasteiger partial charge in [0.25, 0.3) is 5.56 Å². The van der Waals surface area contributed by atoms with Gasteiger partial charge in [-0.15, -0.1) is 10.2 Å². The smallest absolute Gasteiger partial charge is 0.871 e. The van der Waals surface area contributed by atoms with E-state index in [9.17, 15) is 28.9 Å². The van der Waals surface area contributed by atoms with Crippen LogP contribution in [-0.2, 0) is 27.4 Å². The Hall–Kier alpha value is -4.86. The molecule has 0 aliphatic heterocycles. The first-order valence-corrected chi connectivity index (χ1v) is 15.5. The van der Waals surface area contributed by atoms with E-state index in [0.717, 1.165) is 22.9 Å². The van der Waals surface area contributed by atoms with Crippen molar-refractivity contribution in [1.82, 2.24) is 19.6 Å². The molecule has 1 atom stereocenters. The number of nitrogens with zero attached hydrogens (tertiary/aromatic N) is 7. The molecule has 0 aliphatic carbocycles. The molecule has 0 spiro atoms. The van der Waals surface area contributed by atoms with Gasteiger partial charge in [0.1, 0.15) is 5.69 Å². The van der Waals surface area contributed by atoms with E-state index in [4.69, 9.17) is 4.78 Å². The molecule has 1 unspecified atom stereocenters. The molecular weight excluding hydrogens is 713 g/mol. The second kappa shape index (κ2) is 17.2. The van der Waals surface area contributed by atoms with Crippen molar-refractivity contribution < 1.29 is 71.0 Å². The predicted molar refractivity (Wildman–Crippen MR) is 169 cm³/mol. The van der Waals surface area contributed by atoms with Gasteiger partial charge in [-0.05, 0) is 56.3 Å². The fourth-order valence-corrected chi connectivity index (χ4v) is 4.78. The van der Waals surface area contributed by atoms with Crippen molar-refractivity contribution in [3.8, 4) is 28.8 Å². The van der Waals surface area contributed by atoms with Crippen LogP contribution < -0.4 is 50.4 Å². The van der Waals surface area contributed by atoms with Crippen LogP contribution in [-0.4, -0.2) is 28.3 Å². The maximum atomic E-state index is 12.5. The first kappa shape index (κ1) is 39.6. The number of H-pyrrole nitrogens is 1. The molecule has 6 aromatic rings. The number of hydrogen-bond donors (Lipinski definition) is 2. The third kappa shape index (κ3) is 9.22. The predicted octanol–water partition coefficient (Wildman–Crippen LogP) is 2.24. The van der Waals surface area contributed by atoms with Crippen molar-refractivity contribution in [2.24, 2.45) is 20.5 Å². The van der Waals surface area contributed by atoms with E-state index in [0.29, 0.717) is 22.8 Å². The van der Waals surface area contributed by atoms with Gasteiger partial charge in [-0.25, -0.2) is 9.36 Å². The van der Waals surface area contributed by atoms with Gasteiger partial charge in [0.2, 0.25) is 0 Å². The van der Waals surface area contributed by atoms with Crippen molar-refractivity contribution in [2.75, 3.05) is 0 Å². The summed E-state index contributed by atoms with van der Waals surface area (Å²) < 4.78 is 32.1. The Kier molecular flexibility index (Phi) is 13.6. The first-order chi connectivity index (χ1) is 22.9. The largest absolute Gasteiger partial charge is 3.00 e. The van der Waals surface area contributed by atoms with E-state index in [-0.39, 0.29) is 85.9 Å². The summed E-state index contributed by atoms with van der Waals surface area (Å²) in [6.45, 7) is 3.30.